The first-order valence-electron chi connectivity index (χ1n) is 5.37. The van der Waals surface area contributed by atoms with Crippen LogP contribution in [0.2, 0.25) is 0 Å². The van der Waals surface area contributed by atoms with Gasteiger partial charge in [-0.3, -0.25) is 9.69 Å². The number of ether oxygens (including phenoxy) is 1. The Morgan fingerprint density at radius 1 is 1.33 bits per heavy atom. The molecule has 0 saturated carbocycles. The van der Waals surface area contributed by atoms with Gasteiger partial charge in [0, 0.05) is 32.7 Å². The van der Waals surface area contributed by atoms with E-state index in [1.54, 1.807) is 0 Å². The number of methoxy groups -OCH3 is 1. The molecule has 0 aliphatic carbocycles. The molecule has 0 unspecified atom stereocenters. The van der Waals surface area contributed by atoms with Gasteiger partial charge in [0.05, 0.1) is 13.4 Å². The van der Waals surface area contributed by atoms with Gasteiger partial charge in [-0.15, -0.1) is 12.4 Å². The summed E-state index contributed by atoms with van der Waals surface area (Å²) in [4.78, 5) is 13.3. The molecule has 1 rings (SSSR count). The number of rotatable bonds is 4. The molecular weight excluding hydrogens is 282 g/mol. The molecule has 0 amide bonds. The van der Waals surface area contributed by atoms with E-state index in [2.05, 4.69) is 4.74 Å². The smallest absolute Gasteiger partial charge is 0.324 e. The zero-order valence-electron chi connectivity index (χ0n) is 10.5. The quantitative estimate of drug-likeness (QED) is 0.634. The Hall–Kier alpha value is -0.410. The van der Waals surface area contributed by atoms with Crippen molar-refractivity contribution in [3.05, 3.63) is 0 Å². The van der Waals surface area contributed by atoms with E-state index < -0.39 is 16.1 Å². The molecule has 0 aromatic rings. The SMILES string of the molecule is COC(=O)[C@@H](CN)N1CCN(S(C)(=O)=O)CC1.Cl. The van der Waals surface area contributed by atoms with Crippen LogP contribution in [-0.4, -0.2) is 75.7 Å². The van der Waals surface area contributed by atoms with Gasteiger partial charge in [0.25, 0.3) is 0 Å². The lowest BCUT2D eigenvalue weighted by molar-refractivity contribution is -0.147. The Morgan fingerprint density at radius 2 is 1.83 bits per heavy atom. The second kappa shape index (κ2) is 7.25. The molecule has 1 fully saturated rings. The number of nitrogens with two attached hydrogens (primary N) is 1. The van der Waals surface area contributed by atoms with Gasteiger partial charge in [-0.05, 0) is 0 Å². The van der Waals surface area contributed by atoms with Crippen LogP contribution in [0.25, 0.3) is 0 Å². The molecule has 1 atom stereocenters. The minimum absolute atomic E-state index is 0. The summed E-state index contributed by atoms with van der Waals surface area (Å²) in [5, 5.41) is 0. The number of nitrogens with zero attached hydrogens (tertiary/aromatic N) is 2. The Balaban J connectivity index is 0.00000289. The molecular formula is C9H20ClN3O4S. The Labute approximate surface area is 114 Å². The second-order valence-corrected chi connectivity index (χ2v) is 5.96. The second-order valence-electron chi connectivity index (χ2n) is 3.97. The molecule has 1 saturated heterocycles. The van der Waals surface area contributed by atoms with E-state index >= 15 is 0 Å². The lowest BCUT2D eigenvalue weighted by atomic mass is 10.2. The average molecular weight is 302 g/mol. The standard InChI is InChI=1S/C9H19N3O4S.ClH/c1-16-9(13)8(7-10)11-3-5-12(6-4-11)17(2,14)15;/h8H,3-7,10H2,1-2H3;1H/t8-;/m1./s1. The van der Waals surface area contributed by atoms with E-state index in [0.29, 0.717) is 26.2 Å². The van der Waals surface area contributed by atoms with Crippen LogP contribution in [0.15, 0.2) is 0 Å². The van der Waals surface area contributed by atoms with Crippen LogP contribution >= 0.6 is 12.4 Å². The van der Waals surface area contributed by atoms with E-state index in [9.17, 15) is 13.2 Å². The van der Waals surface area contributed by atoms with Crippen molar-refractivity contribution in [2.45, 2.75) is 6.04 Å². The van der Waals surface area contributed by atoms with Gasteiger partial charge in [-0.2, -0.15) is 4.31 Å². The summed E-state index contributed by atoms with van der Waals surface area (Å²) in [5.74, 6) is -0.375. The maximum absolute atomic E-state index is 11.4. The highest BCUT2D eigenvalue weighted by atomic mass is 35.5. The van der Waals surface area contributed by atoms with Gasteiger partial charge in [-0.25, -0.2) is 8.42 Å². The van der Waals surface area contributed by atoms with Crippen molar-refractivity contribution in [1.29, 1.82) is 0 Å². The molecule has 9 heteroatoms. The number of piperazine rings is 1. The summed E-state index contributed by atoms with van der Waals surface area (Å²) in [6, 6.07) is -0.485. The third-order valence-corrected chi connectivity index (χ3v) is 4.18. The Morgan fingerprint density at radius 3 is 2.17 bits per heavy atom. The fraction of sp³-hybridized carbons (Fsp3) is 0.889. The third kappa shape index (κ3) is 4.36. The number of sulfonamides is 1. The highest BCUT2D eigenvalue weighted by Gasteiger charge is 2.30. The number of esters is 1. The lowest BCUT2D eigenvalue weighted by Crippen LogP contribution is -2.56. The van der Waals surface area contributed by atoms with Crippen LogP contribution in [-0.2, 0) is 19.6 Å². The van der Waals surface area contributed by atoms with Gasteiger partial charge in [0.15, 0.2) is 0 Å². The predicted octanol–water partition coefficient (Wildman–Crippen LogP) is -1.51. The minimum atomic E-state index is -3.15. The number of halogens is 1. The molecule has 0 spiro atoms. The summed E-state index contributed by atoms with van der Waals surface area (Å²) >= 11 is 0. The van der Waals surface area contributed by atoms with Crippen LogP contribution in [0.1, 0.15) is 0 Å². The molecule has 0 bridgehead atoms. The zero-order valence-corrected chi connectivity index (χ0v) is 12.2. The Kier molecular flexibility index (Phi) is 7.08. The van der Waals surface area contributed by atoms with Gasteiger partial charge < -0.3 is 10.5 Å². The normalized spacial score (nSPS) is 19.9. The van der Waals surface area contributed by atoms with Crippen molar-refractivity contribution >= 4 is 28.4 Å². The predicted molar refractivity (Wildman–Crippen MR) is 70.1 cm³/mol. The van der Waals surface area contributed by atoms with E-state index in [1.165, 1.54) is 17.7 Å². The van der Waals surface area contributed by atoms with Crippen molar-refractivity contribution in [2.75, 3.05) is 46.1 Å². The molecule has 1 aliphatic rings. The molecule has 0 aromatic heterocycles. The molecule has 0 aromatic carbocycles. The Bertz CT molecular complexity index is 368. The largest absolute Gasteiger partial charge is 0.468 e. The zero-order chi connectivity index (χ0) is 13.1. The van der Waals surface area contributed by atoms with Gasteiger partial charge >= 0.3 is 5.97 Å². The van der Waals surface area contributed by atoms with E-state index in [-0.39, 0.29) is 24.9 Å². The van der Waals surface area contributed by atoms with Crippen LogP contribution < -0.4 is 5.73 Å². The molecule has 108 valence electrons. The molecule has 7 nitrogen and oxygen atoms in total. The highest BCUT2D eigenvalue weighted by molar-refractivity contribution is 7.88. The van der Waals surface area contributed by atoms with Crippen LogP contribution in [0.3, 0.4) is 0 Å². The van der Waals surface area contributed by atoms with Crippen molar-refractivity contribution in [3.8, 4) is 0 Å². The van der Waals surface area contributed by atoms with Gasteiger partial charge in [0.2, 0.25) is 10.0 Å². The van der Waals surface area contributed by atoms with Gasteiger partial charge in [0.1, 0.15) is 6.04 Å². The summed E-state index contributed by atoms with van der Waals surface area (Å²) in [6.07, 6.45) is 1.18. The number of carbonyl (C=O) groups is 1. The maximum Gasteiger partial charge on any atom is 0.324 e. The fourth-order valence-corrected chi connectivity index (χ4v) is 2.70. The summed E-state index contributed by atoms with van der Waals surface area (Å²) in [5.41, 5.74) is 5.53. The molecule has 0 radical (unpaired) electrons. The minimum Gasteiger partial charge on any atom is -0.468 e. The van der Waals surface area contributed by atoms with Crippen molar-refractivity contribution in [3.63, 3.8) is 0 Å². The number of hydrogen-bond donors (Lipinski definition) is 1. The van der Waals surface area contributed by atoms with Crippen molar-refractivity contribution in [2.24, 2.45) is 5.73 Å². The molecule has 18 heavy (non-hydrogen) atoms. The molecule has 1 heterocycles. The van der Waals surface area contributed by atoms with Gasteiger partial charge in [-0.1, -0.05) is 0 Å². The lowest BCUT2D eigenvalue weighted by Gasteiger charge is -2.36. The van der Waals surface area contributed by atoms with Crippen molar-refractivity contribution in [1.82, 2.24) is 9.21 Å². The topological polar surface area (TPSA) is 92.9 Å². The monoisotopic (exact) mass is 301 g/mol. The number of carbonyl (C=O) groups excluding carboxylic acids is 1. The van der Waals surface area contributed by atoms with E-state index in [0.717, 1.165) is 0 Å². The fourth-order valence-electron chi connectivity index (χ4n) is 1.88. The summed E-state index contributed by atoms with van der Waals surface area (Å²) < 4.78 is 28.7. The van der Waals surface area contributed by atoms with Crippen LogP contribution in [0.5, 0.6) is 0 Å². The third-order valence-electron chi connectivity index (χ3n) is 2.88. The first-order chi connectivity index (χ1) is 7.90. The summed E-state index contributed by atoms with van der Waals surface area (Å²) in [7, 11) is -1.83. The summed E-state index contributed by atoms with van der Waals surface area (Å²) in [6.45, 7) is 1.91. The van der Waals surface area contributed by atoms with E-state index in [4.69, 9.17) is 5.73 Å². The van der Waals surface area contributed by atoms with Crippen molar-refractivity contribution < 1.29 is 17.9 Å². The van der Waals surface area contributed by atoms with E-state index in [1.807, 2.05) is 4.90 Å². The molecule has 1 aliphatic heterocycles. The molecule has 2 N–H and O–H groups in total. The first-order valence-corrected chi connectivity index (χ1v) is 7.22. The average Bonchev–Trinajstić information content (AvgIpc) is 2.29. The van der Waals surface area contributed by atoms with Crippen LogP contribution in [0, 0.1) is 0 Å². The first kappa shape index (κ1) is 17.6. The van der Waals surface area contributed by atoms with Crippen LogP contribution in [0.4, 0.5) is 0 Å². The number of hydrogen-bond acceptors (Lipinski definition) is 6. The highest BCUT2D eigenvalue weighted by Crippen LogP contribution is 2.09. The maximum atomic E-state index is 11.4.